The number of aliphatic carboxylic acids is 1. The zero-order valence-electron chi connectivity index (χ0n) is 22.3. The van der Waals surface area contributed by atoms with Gasteiger partial charge in [0.25, 0.3) is 0 Å². The van der Waals surface area contributed by atoms with Gasteiger partial charge in [0.2, 0.25) is 0 Å². The van der Waals surface area contributed by atoms with Crippen molar-refractivity contribution < 1.29 is 15.0 Å². The lowest BCUT2D eigenvalue weighted by atomic mass is 9.35. The summed E-state index contributed by atoms with van der Waals surface area (Å²) in [6.45, 7) is 16.4. The molecule has 0 radical (unpaired) electrons. The topological polar surface area (TPSA) is 57.5 Å². The van der Waals surface area contributed by atoms with Crippen LogP contribution in [0.2, 0.25) is 0 Å². The average Bonchev–Trinajstić information content (AvgIpc) is 2.75. The second-order valence-corrected chi connectivity index (χ2v) is 14.6. The summed E-state index contributed by atoms with van der Waals surface area (Å²) >= 11 is 7.33. The Morgan fingerprint density at radius 2 is 1.62 bits per heavy atom. The van der Waals surface area contributed by atoms with Gasteiger partial charge in [0.05, 0.1) is 11.5 Å². The van der Waals surface area contributed by atoms with Gasteiger partial charge in [-0.2, -0.15) is 0 Å². The fraction of sp³-hybridized carbons (Fsp3) is 0.833. The van der Waals surface area contributed by atoms with Crippen LogP contribution < -0.4 is 0 Å². The molecule has 0 heterocycles. The van der Waals surface area contributed by atoms with Crippen LogP contribution in [0.5, 0.6) is 0 Å². The van der Waals surface area contributed by atoms with Gasteiger partial charge in [0, 0.05) is 5.03 Å². The Bertz CT molecular complexity index is 984. The predicted octanol–water partition coefficient (Wildman–Crippen LogP) is 7.58. The first-order chi connectivity index (χ1) is 15.7. The summed E-state index contributed by atoms with van der Waals surface area (Å²) in [5.41, 5.74) is 1.73. The number of carboxylic acids is 1. The number of allylic oxidation sites excluding steroid dienone is 4. The van der Waals surface area contributed by atoms with E-state index in [-0.39, 0.29) is 22.2 Å². The van der Waals surface area contributed by atoms with Gasteiger partial charge in [-0.25, -0.2) is 0 Å². The minimum Gasteiger partial charge on any atom is -0.481 e. The van der Waals surface area contributed by atoms with Gasteiger partial charge in [0.1, 0.15) is 0 Å². The van der Waals surface area contributed by atoms with Crippen molar-refractivity contribution in [3.05, 3.63) is 22.3 Å². The van der Waals surface area contributed by atoms with E-state index in [2.05, 4.69) is 47.6 Å². The lowest BCUT2D eigenvalue weighted by Gasteiger charge is -2.68. The SMILES string of the molecule is C[C@@H]1CC[C@]2(C)CC[C@]3(C)C(=CC(Cl)=C4[C@@]5(C)CC[C@@H](O)[C@](C)(C(=O)O)C5CC[C@]43C)C2[C@H]1C. The highest BCUT2D eigenvalue weighted by molar-refractivity contribution is 6.32. The number of aliphatic hydroxyl groups excluding tert-OH is 1. The molecule has 2 N–H and O–H groups in total. The molecule has 2 unspecified atom stereocenters. The third-order valence-corrected chi connectivity index (χ3v) is 13.2. The van der Waals surface area contributed by atoms with Crippen LogP contribution in [0.25, 0.3) is 0 Å². The molecule has 5 aliphatic carbocycles. The van der Waals surface area contributed by atoms with E-state index in [1.54, 1.807) is 12.5 Å². The third kappa shape index (κ3) is 2.78. The highest BCUT2D eigenvalue weighted by Gasteiger charge is 2.68. The lowest BCUT2D eigenvalue weighted by molar-refractivity contribution is -0.181. The standard InChI is InChI=1S/C30H45ClO3/c1-17-8-11-26(3)14-15-28(5)19(23(26)18(17)2)16-20(31)24-27(4)12-10-22(32)30(7,25(33)34)21(27)9-13-29(24,28)6/h16-18,21-23,32H,8-15H2,1-7H3,(H,33,34)/t17-,18+,21?,22-,23?,26-,27+,28-,29-,30-/m1/s1. The van der Waals surface area contributed by atoms with E-state index in [4.69, 9.17) is 11.6 Å². The second kappa shape index (κ2) is 7.37. The van der Waals surface area contributed by atoms with E-state index < -0.39 is 17.5 Å². The van der Waals surface area contributed by atoms with Gasteiger partial charge in [-0.3, -0.25) is 4.79 Å². The molecule has 0 saturated heterocycles. The largest absolute Gasteiger partial charge is 0.481 e. The predicted molar refractivity (Wildman–Crippen MR) is 137 cm³/mol. The summed E-state index contributed by atoms with van der Waals surface area (Å²) in [6.07, 6.45) is 9.69. The summed E-state index contributed by atoms with van der Waals surface area (Å²) in [4.78, 5) is 12.5. The number of fused-ring (bicyclic) bond motifs is 7. The molecule has 0 aliphatic heterocycles. The highest BCUT2D eigenvalue weighted by atomic mass is 35.5. The Morgan fingerprint density at radius 3 is 2.26 bits per heavy atom. The summed E-state index contributed by atoms with van der Waals surface area (Å²) in [5.74, 6) is 0.950. The van der Waals surface area contributed by atoms with E-state index in [1.807, 2.05) is 0 Å². The molecule has 34 heavy (non-hydrogen) atoms. The minimum absolute atomic E-state index is 0.0416. The summed E-state index contributed by atoms with van der Waals surface area (Å²) in [7, 11) is 0. The van der Waals surface area contributed by atoms with E-state index in [1.165, 1.54) is 31.3 Å². The van der Waals surface area contributed by atoms with E-state index >= 15 is 0 Å². The maximum atomic E-state index is 12.5. The molecule has 3 nitrogen and oxygen atoms in total. The number of rotatable bonds is 1. The van der Waals surface area contributed by atoms with Gasteiger partial charge in [0.15, 0.2) is 0 Å². The number of carbonyl (C=O) groups is 1. The van der Waals surface area contributed by atoms with Gasteiger partial charge in [-0.1, -0.05) is 58.7 Å². The molecule has 5 rings (SSSR count). The molecular weight excluding hydrogens is 444 g/mol. The maximum Gasteiger partial charge on any atom is 0.312 e. The first-order valence-corrected chi connectivity index (χ1v) is 14.1. The van der Waals surface area contributed by atoms with Crippen molar-refractivity contribution >= 4 is 17.6 Å². The molecule has 190 valence electrons. The number of aliphatic hydroxyl groups is 1. The minimum atomic E-state index is -1.14. The molecule has 4 saturated carbocycles. The molecule has 0 spiro atoms. The van der Waals surface area contributed by atoms with Gasteiger partial charge >= 0.3 is 5.97 Å². The molecule has 4 fully saturated rings. The van der Waals surface area contributed by atoms with Crippen LogP contribution in [0.3, 0.4) is 0 Å². The van der Waals surface area contributed by atoms with Crippen LogP contribution in [-0.2, 0) is 4.79 Å². The van der Waals surface area contributed by atoms with Gasteiger partial charge in [-0.05, 0) is 115 Å². The van der Waals surface area contributed by atoms with Crippen LogP contribution >= 0.6 is 11.6 Å². The molecule has 5 aliphatic rings. The van der Waals surface area contributed by atoms with Crippen LogP contribution in [-0.4, -0.2) is 22.3 Å². The molecule has 0 aromatic heterocycles. The summed E-state index contributed by atoms with van der Waals surface area (Å²) in [5, 5.41) is 22.0. The van der Waals surface area contributed by atoms with Gasteiger partial charge in [-0.15, -0.1) is 0 Å². The lowest BCUT2D eigenvalue weighted by Crippen LogP contribution is -2.63. The summed E-state index contributed by atoms with van der Waals surface area (Å²) < 4.78 is 0. The van der Waals surface area contributed by atoms with Gasteiger partial charge < -0.3 is 10.2 Å². The fourth-order valence-electron chi connectivity index (χ4n) is 10.2. The molecule has 4 heteroatoms. The van der Waals surface area contributed by atoms with Crippen LogP contribution in [0, 0.1) is 50.7 Å². The Labute approximate surface area is 211 Å². The number of halogens is 1. The zero-order chi connectivity index (χ0) is 25.1. The van der Waals surface area contributed by atoms with Crippen molar-refractivity contribution in [1.82, 2.24) is 0 Å². The molecule has 0 amide bonds. The number of hydrogen-bond donors (Lipinski definition) is 2. The number of hydrogen-bond acceptors (Lipinski definition) is 2. The van der Waals surface area contributed by atoms with Crippen molar-refractivity contribution in [2.75, 3.05) is 0 Å². The number of carboxylic acid groups (broad SMARTS) is 1. The molecule has 0 bridgehead atoms. The average molecular weight is 489 g/mol. The maximum absolute atomic E-state index is 12.5. The Hall–Kier alpha value is -0.800. The van der Waals surface area contributed by atoms with Crippen molar-refractivity contribution in [1.29, 1.82) is 0 Å². The Kier molecular flexibility index (Phi) is 5.39. The van der Waals surface area contributed by atoms with Crippen LogP contribution in [0.1, 0.15) is 99.8 Å². The van der Waals surface area contributed by atoms with E-state index in [0.29, 0.717) is 23.7 Å². The normalized spacial score (nSPS) is 54.9. The quantitative estimate of drug-likeness (QED) is 0.400. The fourth-order valence-corrected chi connectivity index (χ4v) is 10.8. The second-order valence-electron chi connectivity index (χ2n) is 14.1. The molecule has 0 aromatic carbocycles. The third-order valence-electron chi connectivity index (χ3n) is 12.9. The van der Waals surface area contributed by atoms with Crippen LogP contribution in [0.15, 0.2) is 22.3 Å². The first-order valence-electron chi connectivity index (χ1n) is 13.7. The highest BCUT2D eigenvalue weighted by Crippen LogP contribution is 2.75. The Morgan fingerprint density at radius 1 is 0.941 bits per heavy atom. The summed E-state index contributed by atoms with van der Waals surface area (Å²) in [6, 6.07) is 0. The van der Waals surface area contributed by atoms with E-state index in [9.17, 15) is 15.0 Å². The van der Waals surface area contributed by atoms with Crippen molar-refractivity contribution in [3.63, 3.8) is 0 Å². The van der Waals surface area contributed by atoms with E-state index in [0.717, 1.165) is 30.2 Å². The molecule has 0 aromatic rings. The van der Waals surface area contributed by atoms with Crippen molar-refractivity contribution in [2.24, 2.45) is 50.7 Å². The monoisotopic (exact) mass is 488 g/mol. The molecule has 10 atom stereocenters. The van der Waals surface area contributed by atoms with Crippen molar-refractivity contribution in [3.8, 4) is 0 Å². The molecular formula is C30H45ClO3. The Balaban J connectivity index is 1.70. The zero-order valence-corrected chi connectivity index (χ0v) is 23.1. The van der Waals surface area contributed by atoms with Crippen molar-refractivity contribution in [2.45, 2.75) is 106 Å². The van der Waals surface area contributed by atoms with Crippen LogP contribution in [0.4, 0.5) is 0 Å². The smallest absolute Gasteiger partial charge is 0.312 e. The first kappa shape index (κ1) is 24.9.